The van der Waals surface area contributed by atoms with Crippen LogP contribution in [-0.2, 0) is 17.2 Å². The molecule has 1 unspecified atom stereocenters. The second-order valence-electron chi connectivity index (χ2n) is 4.97. The molecule has 2 rings (SSSR count). The van der Waals surface area contributed by atoms with E-state index in [-0.39, 0.29) is 6.10 Å². The lowest BCUT2D eigenvalue weighted by Crippen LogP contribution is -2.19. The molecule has 0 aliphatic carbocycles. The maximum absolute atomic E-state index is 5.90. The molecule has 1 atom stereocenters. The molecule has 0 amide bonds. The lowest BCUT2D eigenvalue weighted by Gasteiger charge is -2.23. The molecule has 0 spiro atoms. The molecule has 1 saturated heterocycles. The molecular weight excluding hydrogens is 238 g/mol. The maximum Gasteiger partial charge on any atom is 0.162 e. The van der Waals surface area contributed by atoms with Crippen LogP contribution in [0.15, 0.2) is 0 Å². The van der Waals surface area contributed by atoms with Gasteiger partial charge in [0.05, 0.1) is 5.88 Å². The van der Waals surface area contributed by atoms with Crippen molar-refractivity contribution in [2.45, 2.75) is 51.6 Å². The van der Waals surface area contributed by atoms with Gasteiger partial charge in [0.1, 0.15) is 11.9 Å². The van der Waals surface area contributed by atoms with Crippen LogP contribution >= 0.6 is 11.6 Å². The van der Waals surface area contributed by atoms with E-state index >= 15 is 0 Å². The third-order valence-corrected chi connectivity index (χ3v) is 3.23. The lowest BCUT2D eigenvalue weighted by molar-refractivity contribution is 0.00674. The Bertz CT molecular complexity index is 359. The second kappa shape index (κ2) is 5.83. The predicted molar refractivity (Wildman–Crippen MR) is 67.0 cm³/mol. The van der Waals surface area contributed by atoms with Gasteiger partial charge in [-0.15, -0.1) is 21.8 Å². The molecule has 1 aliphatic heterocycles. The Hall–Kier alpha value is -0.610. The van der Waals surface area contributed by atoms with Crippen molar-refractivity contribution in [3.8, 4) is 0 Å². The van der Waals surface area contributed by atoms with E-state index in [1.54, 1.807) is 0 Å². The maximum atomic E-state index is 5.90. The highest BCUT2D eigenvalue weighted by molar-refractivity contribution is 6.16. The van der Waals surface area contributed by atoms with Crippen LogP contribution in [0.5, 0.6) is 0 Å². The third-order valence-electron chi connectivity index (χ3n) is 2.99. The molecule has 0 bridgehead atoms. The van der Waals surface area contributed by atoms with E-state index < -0.39 is 0 Å². The summed E-state index contributed by atoms with van der Waals surface area (Å²) in [5, 5.41) is 8.43. The van der Waals surface area contributed by atoms with Crippen molar-refractivity contribution < 1.29 is 4.74 Å². The number of halogens is 1. The van der Waals surface area contributed by atoms with E-state index in [0.717, 1.165) is 37.6 Å². The Kier molecular flexibility index (Phi) is 4.40. The second-order valence-corrected chi connectivity index (χ2v) is 5.23. The van der Waals surface area contributed by atoms with E-state index in [0.29, 0.717) is 11.8 Å². The minimum Gasteiger partial charge on any atom is -0.370 e. The normalized spacial score (nSPS) is 21.1. The summed E-state index contributed by atoms with van der Waals surface area (Å²) in [4.78, 5) is 0. The first-order valence-electron chi connectivity index (χ1n) is 6.32. The molecule has 1 aromatic heterocycles. The van der Waals surface area contributed by atoms with E-state index in [1.165, 1.54) is 6.42 Å². The average molecular weight is 258 g/mol. The summed E-state index contributed by atoms with van der Waals surface area (Å²) < 4.78 is 7.91. The molecule has 1 aliphatic rings. The summed E-state index contributed by atoms with van der Waals surface area (Å²) in [6.45, 7) is 6.10. The molecule has 2 heterocycles. The highest BCUT2D eigenvalue weighted by Crippen LogP contribution is 2.27. The zero-order chi connectivity index (χ0) is 12.3. The van der Waals surface area contributed by atoms with Crippen molar-refractivity contribution in [2.75, 3.05) is 6.61 Å². The minimum atomic E-state index is 0.104. The van der Waals surface area contributed by atoms with Gasteiger partial charge in [-0.25, -0.2) is 0 Å². The van der Waals surface area contributed by atoms with Gasteiger partial charge in [-0.2, -0.15) is 0 Å². The Morgan fingerprint density at radius 1 is 1.41 bits per heavy atom. The number of ether oxygens (including phenoxy) is 1. The quantitative estimate of drug-likeness (QED) is 0.779. The van der Waals surface area contributed by atoms with Crippen LogP contribution in [0.2, 0.25) is 0 Å². The highest BCUT2D eigenvalue weighted by Gasteiger charge is 2.23. The van der Waals surface area contributed by atoms with Crippen LogP contribution in [-0.4, -0.2) is 21.4 Å². The van der Waals surface area contributed by atoms with Crippen LogP contribution < -0.4 is 0 Å². The van der Waals surface area contributed by atoms with E-state index in [1.807, 2.05) is 0 Å². The fraction of sp³-hybridized carbons (Fsp3) is 0.833. The van der Waals surface area contributed by atoms with Gasteiger partial charge in [0.25, 0.3) is 0 Å². The summed E-state index contributed by atoms with van der Waals surface area (Å²) in [7, 11) is 0. The van der Waals surface area contributed by atoms with Crippen LogP contribution in [0.25, 0.3) is 0 Å². The summed E-state index contributed by atoms with van der Waals surface area (Å²) in [6, 6.07) is 0. The Labute approximate surface area is 107 Å². The number of aromatic nitrogens is 3. The largest absolute Gasteiger partial charge is 0.370 e. The summed E-state index contributed by atoms with van der Waals surface area (Å²) in [6.07, 6.45) is 3.50. The Balaban J connectivity index is 2.22. The lowest BCUT2D eigenvalue weighted by atomic mass is 10.1. The average Bonchev–Trinajstić information content (AvgIpc) is 2.72. The molecule has 4 nitrogen and oxygen atoms in total. The topological polar surface area (TPSA) is 39.9 Å². The van der Waals surface area contributed by atoms with Gasteiger partial charge in [0, 0.05) is 13.2 Å². The molecule has 0 aromatic carbocycles. The van der Waals surface area contributed by atoms with E-state index in [9.17, 15) is 0 Å². The monoisotopic (exact) mass is 257 g/mol. The van der Waals surface area contributed by atoms with Crippen LogP contribution in [0, 0.1) is 5.92 Å². The zero-order valence-corrected chi connectivity index (χ0v) is 11.3. The van der Waals surface area contributed by atoms with Crippen LogP contribution in [0.1, 0.15) is 50.9 Å². The van der Waals surface area contributed by atoms with Gasteiger partial charge in [0.2, 0.25) is 0 Å². The van der Waals surface area contributed by atoms with Crippen molar-refractivity contribution in [1.29, 1.82) is 0 Å². The highest BCUT2D eigenvalue weighted by atomic mass is 35.5. The molecule has 5 heteroatoms. The molecular formula is C12H20ClN3O. The SMILES string of the molecule is CC(C)Cn1c(CCl)nnc1C1CCCCO1. The Morgan fingerprint density at radius 3 is 2.82 bits per heavy atom. The smallest absolute Gasteiger partial charge is 0.162 e. The minimum absolute atomic E-state index is 0.104. The van der Waals surface area contributed by atoms with Gasteiger partial charge >= 0.3 is 0 Å². The van der Waals surface area contributed by atoms with Gasteiger partial charge in [-0.3, -0.25) is 0 Å². The molecule has 0 N–H and O–H groups in total. The molecule has 0 saturated carbocycles. The summed E-state index contributed by atoms with van der Waals surface area (Å²) in [5.41, 5.74) is 0. The van der Waals surface area contributed by atoms with Crippen LogP contribution in [0.4, 0.5) is 0 Å². The molecule has 96 valence electrons. The van der Waals surface area contributed by atoms with Crippen molar-refractivity contribution in [3.63, 3.8) is 0 Å². The summed E-state index contributed by atoms with van der Waals surface area (Å²) in [5.74, 6) is 2.76. The zero-order valence-electron chi connectivity index (χ0n) is 10.5. The van der Waals surface area contributed by atoms with E-state index in [4.69, 9.17) is 16.3 Å². The molecule has 1 fully saturated rings. The third kappa shape index (κ3) is 2.99. The van der Waals surface area contributed by atoms with Crippen molar-refractivity contribution in [3.05, 3.63) is 11.6 Å². The Morgan fingerprint density at radius 2 is 2.24 bits per heavy atom. The van der Waals surface area contributed by atoms with Gasteiger partial charge < -0.3 is 9.30 Å². The molecule has 0 radical (unpaired) electrons. The summed E-state index contributed by atoms with van der Waals surface area (Å²) >= 11 is 5.90. The number of hydrogen-bond acceptors (Lipinski definition) is 3. The fourth-order valence-electron chi connectivity index (χ4n) is 2.19. The van der Waals surface area contributed by atoms with Crippen LogP contribution in [0.3, 0.4) is 0 Å². The van der Waals surface area contributed by atoms with Crippen molar-refractivity contribution >= 4 is 11.6 Å². The molecule has 17 heavy (non-hydrogen) atoms. The first kappa shape index (κ1) is 12.8. The number of hydrogen-bond donors (Lipinski definition) is 0. The predicted octanol–water partition coefficient (Wildman–Crippen LogP) is 2.91. The van der Waals surface area contributed by atoms with Gasteiger partial charge in [-0.05, 0) is 25.2 Å². The van der Waals surface area contributed by atoms with Gasteiger partial charge in [-0.1, -0.05) is 13.8 Å². The first-order chi connectivity index (χ1) is 8.22. The number of alkyl halides is 1. The molecule has 1 aromatic rings. The standard InChI is InChI=1S/C12H20ClN3O/c1-9(2)8-16-11(7-13)14-15-12(16)10-5-3-4-6-17-10/h9-10H,3-8H2,1-2H3. The van der Waals surface area contributed by atoms with Crippen molar-refractivity contribution in [1.82, 2.24) is 14.8 Å². The number of rotatable bonds is 4. The fourth-order valence-corrected chi connectivity index (χ4v) is 2.39. The number of nitrogens with zero attached hydrogens (tertiary/aromatic N) is 3. The van der Waals surface area contributed by atoms with Crippen molar-refractivity contribution in [2.24, 2.45) is 5.92 Å². The van der Waals surface area contributed by atoms with E-state index in [2.05, 4.69) is 28.6 Å². The first-order valence-corrected chi connectivity index (χ1v) is 6.85. The van der Waals surface area contributed by atoms with Gasteiger partial charge in [0.15, 0.2) is 5.82 Å².